The minimum absolute atomic E-state index is 0.114. The van der Waals surface area contributed by atoms with Crippen molar-refractivity contribution in [2.75, 3.05) is 12.4 Å². The summed E-state index contributed by atoms with van der Waals surface area (Å²) in [6.45, 7) is 4.10. The quantitative estimate of drug-likeness (QED) is 0.914. The smallest absolute Gasteiger partial charge is 0.0934 e. The standard InChI is InChI=1S/C14H17ClN2O/c1-9(10(2)18-3)17-13-8-12(15)7-11-5-4-6-16-14(11)13/h4-10,17H,1-3H3. The van der Waals surface area contributed by atoms with Gasteiger partial charge in [-0.25, -0.2) is 0 Å². The van der Waals surface area contributed by atoms with Crippen LogP contribution in [0.25, 0.3) is 10.9 Å². The van der Waals surface area contributed by atoms with Crippen LogP contribution in [0.3, 0.4) is 0 Å². The van der Waals surface area contributed by atoms with Crippen molar-refractivity contribution >= 4 is 28.2 Å². The monoisotopic (exact) mass is 264 g/mol. The largest absolute Gasteiger partial charge is 0.380 e. The summed E-state index contributed by atoms with van der Waals surface area (Å²) in [5.41, 5.74) is 1.87. The molecular weight excluding hydrogens is 248 g/mol. The molecule has 0 spiro atoms. The van der Waals surface area contributed by atoms with E-state index in [1.807, 2.05) is 31.2 Å². The Morgan fingerprint density at radius 2 is 2.11 bits per heavy atom. The van der Waals surface area contributed by atoms with E-state index in [9.17, 15) is 0 Å². The summed E-state index contributed by atoms with van der Waals surface area (Å²) in [6.07, 6.45) is 1.90. The van der Waals surface area contributed by atoms with Crippen LogP contribution in [0.15, 0.2) is 30.5 Å². The van der Waals surface area contributed by atoms with Crippen molar-refractivity contribution in [2.24, 2.45) is 0 Å². The topological polar surface area (TPSA) is 34.1 Å². The Kier molecular flexibility index (Phi) is 4.04. The van der Waals surface area contributed by atoms with Crippen LogP contribution in [0, 0.1) is 0 Å². The van der Waals surface area contributed by atoms with Crippen molar-refractivity contribution in [1.29, 1.82) is 0 Å². The van der Waals surface area contributed by atoms with Crippen molar-refractivity contribution < 1.29 is 4.74 Å². The van der Waals surface area contributed by atoms with Gasteiger partial charge in [-0.05, 0) is 32.0 Å². The van der Waals surface area contributed by atoms with Gasteiger partial charge < -0.3 is 10.1 Å². The number of rotatable bonds is 4. The lowest BCUT2D eigenvalue weighted by molar-refractivity contribution is 0.106. The lowest BCUT2D eigenvalue weighted by atomic mass is 10.1. The van der Waals surface area contributed by atoms with Gasteiger partial charge in [0.2, 0.25) is 0 Å². The summed E-state index contributed by atoms with van der Waals surface area (Å²) in [7, 11) is 1.71. The van der Waals surface area contributed by atoms with E-state index in [-0.39, 0.29) is 12.1 Å². The van der Waals surface area contributed by atoms with E-state index in [0.29, 0.717) is 5.02 Å². The zero-order valence-electron chi connectivity index (χ0n) is 10.8. The number of fused-ring (bicyclic) bond motifs is 1. The van der Waals surface area contributed by atoms with Gasteiger partial charge in [0.05, 0.1) is 17.3 Å². The molecule has 0 saturated carbocycles. The van der Waals surface area contributed by atoms with Crippen molar-refractivity contribution in [3.8, 4) is 0 Å². The summed E-state index contributed by atoms with van der Waals surface area (Å²) < 4.78 is 5.31. The van der Waals surface area contributed by atoms with Crippen LogP contribution in [-0.4, -0.2) is 24.2 Å². The van der Waals surface area contributed by atoms with Crippen molar-refractivity contribution in [3.63, 3.8) is 0 Å². The molecule has 1 heterocycles. The minimum Gasteiger partial charge on any atom is -0.380 e. The van der Waals surface area contributed by atoms with Crippen LogP contribution in [0.1, 0.15) is 13.8 Å². The summed E-state index contributed by atoms with van der Waals surface area (Å²) in [5.74, 6) is 0. The lowest BCUT2D eigenvalue weighted by Gasteiger charge is -2.21. The van der Waals surface area contributed by atoms with Crippen LogP contribution < -0.4 is 5.32 Å². The second-order valence-electron chi connectivity index (χ2n) is 4.40. The van der Waals surface area contributed by atoms with E-state index in [0.717, 1.165) is 16.6 Å². The zero-order valence-corrected chi connectivity index (χ0v) is 11.5. The van der Waals surface area contributed by atoms with E-state index in [1.54, 1.807) is 13.3 Å². The number of nitrogens with zero attached hydrogens (tertiary/aromatic N) is 1. The Morgan fingerprint density at radius 3 is 2.83 bits per heavy atom. The van der Waals surface area contributed by atoms with Crippen LogP contribution in [0.5, 0.6) is 0 Å². The highest BCUT2D eigenvalue weighted by Crippen LogP contribution is 2.27. The first-order valence-electron chi connectivity index (χ1n) is 5.95. The molecule has 2 atom stereocenters. The highest BCUT2D eigenvalue weighted by molar-refractivity contribution is 6.31. The summed E-state index contributed by atoms with van der Waals surface area (Å²) in [5, 5.41) is 5.14. The molecule has 0 saturated heterocycles. The van der Waals surface area contributed by atoms with Gasteiger partial charge in [0.15, 0.2) is 0 Å². The molecule has 1 N–H and O–H groups in total. The molecule has 0 amide bonds. The Bertz CT molecular complexity index is 544. The minimum atomic E-state index is 0.114. The molecular formula is C14H17ClN2O. The Morgan fingerprint density at radius 1 is 1.33 bits per heavy atom. The van der Waals surface area contributed by atoms with Crippen molar-refractivity contribution in [1.82, 2.24) is 4.98 Å². The van der Waals surface area contributed by atoms with Gasteiger partial charge in [-0.3, -0.25) is 4.98 Å². The third kappa shape index (κ3) is 2.74. The third-order valence-corrected chi connectivity index (χ3v) is 3.35. The number of benzene rings is 1. The Labute approximate surface area is 112 Å². The summed E-state index contributed by atoms with van der Waals surface area (Å²) in [4.78, 5) is 4.40. The maximum Gasteiger partial charge on any atom is 0.0934 e. The zero-order chi connectivity index (χ0) is 13.1. The van der Waals surface area contributed by atoms with Crippen molar-refractivity contribution in [3.05, 3.63) is 35.5 Å². The lowest BCUT2D eigenvalue weighted by Crippen LogP contribution is -2.29. The number of pyridine rings is 1. The molecule has 0 aliphatic rings. The highest BCUT2D eigenvalue weighted by Gasteiger charge is 2.13. The van der Waals surface area contributed by atoms with Gasteiger partial charge in [0.1, 0.15) is 0 Å². The van der Waals surface area contributed by atoms with Gasteiger partial charge in [-0.1, -0.05) is 17.7 Å². The highest BCUT2D eigenvalue weighted by atomic mass is 35.5. The fraction of sp³-hybridized carbons (Fsp3) is 0.357. The number of anilines is 1. The van der Waals surface area contributed by atoms with Gasteiger partial charge in [-0.15, -0.1) is 0 Å². The number of halogens is 1. The second kappa shape index (κ2) is 5.55. The average Bonchev–Trinajstić information content (AvgIpc) is 2.37. The molecule has 18 heavy (non-hydrogen) atoms. The molecule has 0 radical (unpaired) electrons. The summed E-state index contributed by atoms with van der Waals surface area (Å²) in [6, 6.07) is 7.90. The predicted molar refractivity (Wildman–Crippen MR) is 76.3 cm³/mol. The molecule has 0 aliphatic heterocycles. The maximum absolute atomic E-state index is 6.12. The number of hydrogen-bond acceptors (Lipinski definition) is 3. The molecule has 1 aromatic heterocycles. The molecule has 96 valence electrons. The van der Waals surface area contributed by atoms with Gasteiger partial charge in [0.25, 0.3) is 0 Å². The summed E-state index contributed by atoms with van der Waals surface area (Å²) >= 11 is 6.12. The van der Waals surface area contributed by atoms with Crippen LogP contribution in [-0.2, 0) is 4.74 Å². The van der Waals surface area contributed by atoms with E-state index in [1.165, 1.54) is 0 Å². The first-order valence-corrected chi connectivity index (χ1v) is 6.33. The van der Waals surface area contributed by atoms with Gasteiger partial charge in [-0.2, -0.15) is 0 Å². The number of nitrogens with one attached hydrogen (secondary N) is 1. The van der Waals surface area contributed by atoms with E-state index in [2.05, 4.69) is 17.2 Å². The third-order valence-electron chi connectivity index (χ3n) is 3.13. The molecule has 1 aromatic carbocycles. The number of methoxy groups -OCH3 is 1. The fourth-order valence-electron chi connectivity index (χ4n) is 1.83. The first kappa shape index (κ1) is 13.1. The predicted octanol–water partition coefficient (Wildman–Crippen LogP) is 3.72. The molecule has 3 nitrogen and oxygen atoms in total. The number of hydrogen-bond donors (Lipinski definition) is 1. The normalized spacial score (nSPS) is 14.4. The van der Waals surface area contributed by atoms with Crippen molar-refractivity contribution in [2.45, 2.75) is 26.0 Å². The van der Waals surface area contributed by atoms with Crippen LogP contribution in [0.2, 0.25) is 5.02 Å². The van der Waals surface area contributed by atoms with E-state index in [4.69, 9.17) is 16.3 Å². The number of aromatic nitrogens is 1. The SMILES string of the molecule is COC(C)C(C)Nc1cc(Cl)cc2cccnc12. The molecule has 0 aliphatic carbocycles. The molecule has 2 aromatic rings. The van der Waals surface area contributed by atoms with Crippen LogP contribution in [0.4, 0.5) is 5.69 Å². The van der Waals surface area contributed by atoms with E-state index < -0.39 is 0 Å². The number of ether oxygens (including phenoxy) is 1. The Hall–Kier alpha value is -1.32. The molecule has 2 rings (SSSR count). The Balaban J connectivity index is 2.38. The molecule has 4 heteroatoms. The fourth-order valence-corrected chi connectivity index (χ4v) is 2.06. The molecule has 2 unspecified atom stereocenters. The van der Waals surface area contributed by atoms with Crippen LogP contribution >= 0.6 is 11.6 Å². The molecule has 0 bridgehead atoms. The van der Waals surface area contributed by atoms with Gasteiger partial charge >= 0.3 is 0 Å². The van der Waals surface area contributed by atoms with E-state index >= 15 is 0 Å². The first-order chi connectivity index (χ1) is 8.61. The molecule has 0 fully saturated rings. The average molecular weight is 265 g/mol. The maximum atomic E-state index is 6.12. The van der Waals surface area contributed by atoms with Gasteiger partial charge in [0, 0.05) is 29.8 Å². The second-order valence-corrected chi connectivity index (χ2v) is 4.84.